The Labute approximate surface area is 125 Å². The minimum Gasteiger partial charge on any atom is -0.478 e. The fourth-order valence-corrected chi connectivity index (χ4v) is 2.57. The van der Waals surface area contributed by atoms with Crippen LogP contribution in [0.4, 0.5) is 0 Å². The Bertz CT molecular complexity index is 634. The van der Waals surface area contributed by atoms with E-state index in [0.717, 1.165) is 9.92 Å². The molecule has 0 radical (unpaired) electrons. The van der Waals surface area contributed by atoms with Crippen molar-refractivity contribution >= 4 is 29.3 Å². The van der Waals surface area contributed by atoms with Gasteiger partial charge in [0, 0.05) is 11.0 Å². The first kappa shape index (κ1) is 14.7. The van der Waals surface area contributed by atoms with E-state index in [-0.39, 0.29) is 10.6 Å². The molecule has 0 unspecified atom stereocenters. The smallest absolute Gasteiger partial charge is 0.337 e. The van der Waals surface area contributed by atoms with Gasteiger partial charge in [-0.25, -0.2) is 9.78 Å². The van der Waals surface area contributed by atoms with E-state index in [0.29, 0.717) is 12.5 Å². The van der Waals surface area contributed by atoms with Crippen LogP contribution in [0.3, 0.4) is 0 Å². The van der Waals surface area contributed by atoms with Gasteiger partial charge in [0.2, 0.25) is 5.88 Å². The number of carboxylic acids is 1. The number of halogens is 1. The van der Waals surface area contributed by atoms with Crippen molar-refractivity contribution in [1.29, 1.82) is 0 Å². The molecule has 0 saturated carbocycles. The Hall–Kier alpha value is -1.72. The molecule has 0 aliphatic rings. The summed E-state index contributed by atoms with van der Waals surface area (Å²) in [5.41, 5.74) is 0.0811. The largest absolute Gasteiger partial charge is 0.478 e. The highest BCUT2D eigenvalue weighted by molar-refractivity contribution is 7.99. The molecule has 0 fully saturated rings. The number of aromatic nitrogens is 1. The lowest BCUT2D eigenvalue weighted by Crippen LogP contribution is -1.97. The Morgan fingerprint density at radius 2 is 2.20 bits per heavy atom. The maximum absolute atomic E-state index is 11.0. The summed E-state index contributed by atoms with van der Waals surface area (Å²) in [5, 5.41) is 9.99. The zero-order valence-electron chi connectivity index (χ0n) is 10.7. The van der Waals surface area contributed by atoms with Gasteiger partial charge in [0.1, 0.15) is 5.03 Å². The number of hydrogen-bond acceptors (Lipinski definition) is 4. The molecule has 1 N–H and O–H groups in total. The quantitative estimate of drug-likeness (QED) is 0.905. The maximum Gasteiger partial charge on any atom is 0.337 e. The molecule has 0 amide bonds. The molecular formula is C14H12ClNO3S. The molecule has 1 heterocycles. The van der Waals surface area contributed by atoms with Crippen molar-refractivity contribution in [1.82, 2.24) is 4.98 Å². The first-order chi connectivity index (χ1) is 9.60. The van der Waals surface area contributed by atoms with E-state index < -0.39 is 5.97 Å². The molecule has 0 aliphatic heterocycles. The minimum absolute atomic E-state index is 0.0811. The lowest BCUT2D eigenvalue weighted by atomic mass is 10.2. The van der Waals surface area contributed by atoms with Crippen LogP contribution >= 0.6 is 23.4 Å². The van der Waals surface area contributed by atoms with Gasteiger partial charge < -0.3 is 9.84 Å². The second kappa shape index (κ2) is 6.63. The third kappa shape index (κ3) is 3.65. The van der Waals surface area contributed by atoms with Crippen molar-refractivity contribution in [3.63, 3.8) is 0 Å². The number of ether oxygens (including phenoxy) is 1. The number of hydrogen-bond donors (Lipinski definition) is 1. The van der Waals surface area contributed by atoms with Crippen molar-refractivity contribution in [3.8, 4) is 5.88 Å². The molecule has 20 heavy (non-hydrogen) atoms. The van der Waals surface area contributed by atoms with Crippen molar-refractivity contribution in [2.75, 3.05) is 6.61 Å². The Kier molecular flexibility index (Phi) is 4.87. The van der Waals surface area contributed by atoms with Crippen molar-refractivity contribution in [2.24, 2.45) is 0 Å². The van der Waals surface area contributed by atoms with Crippen LogP contribution < -0.4 is 4.74 Å². The number of carboxylic acid groups (broad SMARTS) is 1. The summed E-state index contributed by atoms with van der Waals surface area (Å²) in [7, 11) is 0. The zero-order valence-corrected chi connectivity index (χ0v) is 12.2. The summed E-state index contributed by atoms with van der Waals surface area (Å²) in [6.45, 7) is 2.44. The van der Waals surface area contributed by atoms with Crippen LogP contribution in [-0.4, -0.2) is 22.7 Å². The first-order valence-electron chi connectivity index (χ1n) is 5.90. The molecule has 2 rings (SSSR count). The van der Waals surface area contributed by atoms with Crippen molar-refractivity contribution in [3.05, 3.63) is 47.0 Å². The predicted octanol–water partition coefficient (Wildman–Crippen LogP) is 3.98. The predicted molar refractivity (Wildman–Crippen MR) is 77.9 cm³/mol. The van der Waals surface area contributed by atoms with E-state index in [9.17, 15) is 4.79 Å². The normalized spacial score (nSPS) is 10.3. The van der Waals surface area contributed by atoms with E-state index in [1.54, 1.807) is 18.2 Å². The number of aromatic carboxylic acids is 1. The summed E-state index contributed by atoms with van der Waals surface area (Å²) in [6, 6.07) is 10.3. The fourth-order valence-electron chi connectivity index (χ4n) is 1.53. The number of rotatable bonds is 5. The van der Waals surface area contributed by atoms with Crippen LogP contribution in [0.1, 0.15) is 17.3 Å². The van der Waals surface area contributed by atoms with Gasteiger partial charge in [-0.1, -0.05) is 29.4 Å². The van der Waals surface area contributed by atoms with Gasteiger partial charge in [-0.05, 0) is 31.2 Å². The Morgan fingerprint density at radius 3 is 2.90 bits per heavy atom. The van der Waals surface area contributed by atoms with Gasteiger partial charge in [0.25, 0.3) is 0 Å². The maximum atomic E-state index is 11.0. The summed E-state index contributed by atoms with van der Waals surface area (Å²) < 4.78 is 5.33. The molecule has 6 heteroatoms. The third-order valence-corrected chi connectivity index (χ3v) is 3.64. The topological polar surface area (TPSA) is 59.4 Å². The van der Waals surface area contributed by atoms with Crippen LogP contribution in [0.25, 0.3) is 0 Å². The fraction of sp³-hybridized carbons (Fsp3) is 0.143. The average Bonchev–Trinajstić information content (AvgIpc) is 2.41. The molecule has 0 atom stereocenters. The molecule has 4 nitrogen and oxygen atoms in total. The Balaban J connectivity index is 2.23. The van der Waals surface area contributed by atoms with Crippen molar-refractivity contribution in [2.45, 2.75) is 16.8 Å². The van der Waals surface area contributed by atoms with E-state index in [1.165, 1.54) is 17.8 Å². The van der Waals surface area contributed by atoms with Crippen molar-refractivity contribution < 1.29 is 14.6 Å². The second-order valence-electron chi connectivity index (χ2n) is 3.80. The lowest BCUT2D eigenvalue weighted by Gasteiger charge is -2.06. The SMILES string of the molecule is CCOc1cccc(Sc2ccc(Cl)c(C(=O)O)c2)n1. The van der Waals surface area contributed by atoms with Gasteiger partial charge >= 0.3 is 5.97 Å². The molecule has 0 saturated heterocycles. The average molecular weight is 310 g/mol. The standard InChI is InChI=1S/C14H12ClNO3S/c1-2-19-12-4-3-5-13(16-12)20-9-6-7-11(15)10(8-9)14(17)18/h3-8H,2H2,1H3,(H,17,18). The summed E-state index contributed by atoms with van der Waals surface area (Å²) in [5.74, 6) is -0.501. The van der Waals surface area contributed by atoms with Gasteiger partial charge in [0.05, 0.1) is 17.2 Å². The molecule has 1 aromatic heterocycles. The number of benzene rings is 1. The van der Waals surface area contributed by atoms with Gasteiger partial charge in [-0.15, -0.1) is 0 Å². The molecular weight excluding hydrogens is 298 g/mol. The summed E-state index contributed by atoms with van der Waals surface area (Å²) >= 11 is 7.19. The van der Waals surface area contributed by atoms with Crippen LogP contribution in [0, 0.1) is 0 Å². The van der Waals surface area contributed by atoms with E-state index in [4.69, 9.17) is 21.4 Å². The van der Waals surface area contributed by atoms with E-state index in [1.807, 2.05) is 19.1 Å². The molecule has 104 valence electrons. The number of carbonyl (C=O) groups is 1. The molecule has 2 aromatic rings. The lowest BCUT2D eigenvalue weighted by molar-refractivity contribution is 0.0697. The van der Waals surface area contributed by atoms with Crippen LogP contribution in [-0.2, 0) is 0 Å². The van der Waals surface area contributed by atoms with E-state index >= 15 is 0 Å². The zero-order chi connectivity index (χ0) is 14.5. The Morgan fingerprint density at radius 1 is 1.40 bits per heavy atom. The second-order valence-corrected chi connectivity index (χ2v) is 5.30. The van der Waals surface area contributed by atoms with Gasteiger partial charge in [-0.2, -0.15) is 0 Å². The number of nitrogens with zero attached hydrogens (tertiary/aromatic N) is 1. The van der Waals surface area contributed by atoms with Gasteiger partial charge in [-0.3, -0.25) is 0 Å². The molecule has 0 spiro atoms. The summed E-state index contributed by atoms with van der Waals surface area (Å²) in [6.07, 6.45) is 0. The highest BCUT2D eigenvalue weighted by Crippen LogP contribution is 2.30. The monoisotopic (exact) mass is 309 g/mol. The van der Waals surface area contributed by atoms with Crippen LogP contribution in [0.2, 0.25) is 5.02 Å². The molecule has 0 aliphatic carbocycles. The minimum atomic E-state index is -1.05. The van der Waals surface area contributed by atoms with E-state index in [2.05, 4.69) is 4.98 Å². The van der Waals surface area contributed by atoms with Gasteiger partial charge in [0.15, 0.2) is 0 Å². The highest BCUT2D eigenvalue weighted by Gasteiger charge is 2.10. The highest BCUT2D eigenvalue weighted by atomic mass is 35.5. The van der Waals surface area contributed by atoms with Crippen LogP contribution in [0.15, 0.2) is 46.3 Å². The molecule has 0 bridgehead atoms. The number of pyridine rings is 1. The molecule has 1 aromatic carbocycles. The first-order valence-corrected chi connectivity index (χ1v) is 7.10. The summed E-state index contributed by atoms with van der Waals surface area (Å²) in [4.78, 5) is 16.1. The van der Waals surface area contributed by atoms with Crippen LogP contribution in [0.5, 0.6) is 5.88 Å². The third-order valence-electron chi connectivity index (χ3n) is 2.38.